The van der Waals surface area contributed by atoms with Crippen LogP contribution in [0.15, 0.2) is 11.6 Å². The van der Waals surface area contributed by atoms with Gasteiger partial charge in [-0.25, -0.2) is 0 Å². The minimum Gasteiger partial charge on any atom is -0.306 e. The fraction of sp³-hybridized carbons (Fsp3) is 0.818. The van der Waals surface area contributed by atoms with Crippen molar-refractivity contribution in [1.82, 2.24) is 4.90 Å². The summed E-state index contributed by atoms with van der Waals surface area (Å²) < 4.78 is 0. The van der Waals surface area contributed by atoms with Crippen LogP contribution in [0.5, 0.6) is 0 Å². The molecule has 0 aromatic carbocycles. The first-order valence-corrected chi connectivity index (χ1v) is 5.14. The highest BCUT2D eigenvalue weighted by Gasteiger charge is 2.32. The molecule has 2 rings (SSSR count). The molecule has 0 aliphatic heterocycles. The Morgan fingerprint density at radius 2 is 2.17 bits per heavy atom. The van der Waals surface area contributed by atoms with E-state index in [9.17, 15) is 0 Å². The first kappa shape index (κ1) is 8.31. The monoisotopic (exact) mass is 165 g/mol. The van der Waals surface area contributed by atoms with E-state index in [2.05, 4.69) is 25.1 Å². The van der Waals surface area contributed by atoms with E-state index >= 15 is 0 Å². The van der Waals surface area contributed by atoms with Gasteiger partial charge in [0.15, 0.2) is 0 Å². The second-order valence-electron chi connectivity index (χ2n) is 4.40. The van der Waals surface area contributed by atoms with Crippen molar-refractivity contribution < 1.29 is 0 Å². The van der Waals surface area contributed by atoms with Gasteiger partial charge < -0.3 is 4.90 Å². The zero-order valence-electron chi connectivity index (χ0n) is 8.21. The minimum absolute atomic E-state index is 0.820. The smallest absolute Gasteiger partial charge is 0.0189 e. The Labute approximate surface area is 75.4 Å². The van der Waals surface area contributed by atoms with Crippen molar-refractivity contribution in [3.63, 3.8) is 0 Å². The van der Waals surface area contributed by atoms with Crippen LogP contribution in [-0.4, -0.2) is 25.0 Å². The van der Waals surface area contributed by atoms with Crippen molar-refractivity contribution >= 4 is 0 Å². The molecule has 0 aromatic rings. The number of hydrogen-bond donors (Lipinski definition) is 0. The Hall–Kier alpha value is -0.300. The molecule has 0 N–H and O–H groups in total. The zero-order valence-corrected chi connectivity index (χ0v) is 8.21. The fourth-order valence-corrected chi connectivity index (χ4v) is 2.76. The molecule has 1 saturated carbocycles. The summed E-state index contributed by atoms with van der Waals surface area (Å²) in [5.74, 6) is 0.911. The standard InChI is InChI=1S/C11H19N/c1-12(2)11-8-7-9-5-3-4-6-10(9)11/h7,10-11H,3-6,8H2,1-2H3/t10-,11-/m0/s1. The van der Waals surface area contributed by atoms with Crippen molar-refractivity contribution in [2.45, 2.75) is 38.1 Å². The van der Waals surface area contributed by atoms with Gasteiger partial charge in [0.05, 0.1) is 0 Å². The van der Waals surface area contributed by atoms with E-state index in [0.29, 0.717) is 0 Å². The molecule has 1 nitrogen and oxygen atoms in total. The lowest BCUT2D eigenvalue weighted by atomic mass is 9.83. The zero-order chi connectivity index (χ0) is 8.55. The van der Waals surface area contributed by atoms with Crippen LogP contribution < -0.4 is 0 Å². The quantitative estimate of drug-likeness (QED) is 0.539. The van der Waals surface area contributed by atoms with Crippen LogP contribution in [0.2, 0.25) is 0 Å². The maximum absolute atomic E-state index is 2.49. The minimum atomic E-state index is 0.820. The molecule has 12 heavy (non-hydrogen) atoms. The second-order valence-corrected chi connectivity index (χ2v) is 4.40. The predicted molar refractivity (Wildman–Crippen MR) is 52.1 cm³/mol. The summed E-state index contributed by atoms with van der Waals surface area (Å²) in [7, 11) is 4.44. The summed E-state index contributed by atoms with van der Waals surface area (Å²) in [6.45, 7) is 0. The molecule has 0 saturated heterocycles. The summed E-state index contributed by atoms with van der Waals surface area (Å²) in [6.07, 6.45) is 9.50. The molecule has 2 atom stereocenters. The molecule has 0 radical (unpaired) electrons. The van der Waals surface area contributed by atoms with Gasteiger partial charge in [-0.15, -0.1) is 0 Å². The normalized spacial score (nSPS) is 35.1. The van der Waals surface area contributed by atoms with E-state index in [-0.39, 0.29) is 0 Å². The number of hydrogen-bond acceptors (Lipinski definition) is 1. The van der Waals surface area contributed by atoms with E-state index in [0.717, 1.165) is 12.0 Å². The van der Waals surface area contributed by atoms with Crippen LogP contribution in [0.25, 0.3) is 0 Å². The van der Waals surface area contributed by atoms with Crippen molar-refractivity contribution in [2.75, 3.05) is 14.1 Å². The molecular weight excluding hydrogens is 146 g/mol. The van der Waals surface area contributed by atoms with Crippen LogP contribution in [0.3, 0.4) is 0 Å². The van der Waals surface area contributed by atoms with Crippen LogP contribution in [0.4, 0.5) is 0 Å². The molecule has 0 unspecified atom stereocenters. The van der Waals surface area contributed by atoms with E-state index in [1.165, 1.54) is 32.1 Å². The Balaban J connectivity index is 2.06. The van der Waals surface area contributed by atoms with Crippen LogP contribution >= 0.6 is 0 Å². The third-order valence-electron chi connectivity index (χ3n) is 3.46. The number of nitrogens with zero attached hydrogens (tertiary/aromatic N) is 1. The van der Waals surface area contributed by atoms with Gasteiger partial charge in [-0.3, -0.25) is 0 Å². The average Bonchev–Trinajstić information content (AvgIpc) is 2.47. The van der Waals surface area contributed by atoms with E-state index in [4.69, 9.17) is 0 Å². The molecule has 0 aromatic heterocycles. The van der Waals surface area contributed by atoms with Gasteiger partial charge in [0.2, 0.25) is 0 Å². The van der Waals surface area contributed by atoms with Gasteiger partial charge in [-0.05, 0) is 45.7 Å². The number of fused-ring (bicyclic) bond motifs is 1. The van der Waals surface area contributed by atoms with Crippen LogP contribution in [0, 0.1) is 5.92 Å². The average molecular weight is 165 g/mol. The lowest BCUT2D eigenvalue weighted by Crippen LogP contribution is -2.33. The van der Waals surface area contributed by atoms with Crippen LogP contribution in [-0.2, 0) is 0 Å². The van der Waals surface area contributed by atoms with Gasteiger partial charge in [-0.1, -0.05) is 18.1 Å². The topological polar surface area (TPSA) is 3.24 Å². The van der Waals surface area contributed by atoms with Crippen molar-refractivity contribution in [3.8, 4) is 0 Å². The summed E-state index contributed by atoms with van der Waals surface area (Å²) in [5, 5.41) is 0. The number of rotatable bonds is 1. The maximum Gasteiger partial charge on any atom is 0.0189 e. The van der Waals surface area contributed by atoms with Crippen molar-refractivity contribution in [2.24, 2.45) is 5.92 Å². The third kappa shape index (κ3) is 1.31. The molecule has 0 bridgehead atoms. The molecular formula is C11H19N. The first-order chi connectivity index (χ1) is 5.79. The summed E-state index contributed by atoms with van der Waals surface area (Å²) in [5.41, 5.74) is 1.76. The lowest BCUT2D eigenvalue weighted by molar-refractivity contribution is 0.225. The van der Waals surface area contributed by atoms with E-state index in [1.54, 1.807) is 5.57 Å². The highest BCUT2D eigenvalue weighted by molar-refractivity contribution is 5.19. The Bertz CT molecular complexity index is 193. The lowest BCUT2D eigenvalue weighted by Gasteiger charge is -2.31. The molecule has 1 heteroatoms. The summed E-state index contributed by atoms with van der Waals surface area (Å²) in [6, 6.07) is 0.820. The Morgan fingerprint density at radius 1 is 1.33 bits per heavy atom. The second kappa shape index (κ2) is 3.21. The largest absolute Gasteiger partial charge is 0.306 e. The predicted octanol–water partition coefficient (Wildman–Crippen LogP) is 2.44. The molecule has 0 heterocycles. The third-order valence-corrected chi connectivity index (χ3v) is 3.46. The van der Waals surface area contributed by atoms with Gasteiger partial charge >= 0.3 is 0 Å². The first-order valence-electron chi connectivity index (χ1n) is 5.14. The van der Waals surface area contributed by atoms with Gasteiger partial charge in [-0.2, -0.15) is 0 Å². The molecule has 0 spiro atoms. The molecule has 2 aliphatic rings. The Kier molecular flexibility index (Phi) is 2.22. The summed E-state index contributed by atoms with van der Waals surface area (Å²) >= 11 is 0. The Morgan fingerprint density at radius 3 is 2.92 bits per heavy atom. The molecule has 2 aliphatic carbocycles. The molecule has 68 valence electrons. The highest BCUT2D eigenvalue weighted by atomic mass is 15.1. The molecule has 0 amide bonds. The van der Waals surface area contributed by atoms with E-state index < -0.39 is 0 Å². The highest BCUT2D eigenvalue weighted by Crippen LogP contribution is 2.39. The summed E-state index contributed by atoms with van der Waals surface area (Å²) in [4.78, 5) is 2.40. The van der Waals surface area contributed by atoms with Gasteiger partial charge in [0.1, 0.15) is 0 Å². The van der Waals surface area contributed by atoms with Gasteiger partial charge in [0.25, 0.3) is 0 Å². The maximum atomic E-state index is 2.49. The van der Waals surface area contributed by atoms with Crippen LogP contribution in [0.1, 0.15) is 32.1 Å². The van der Waals surface area contributed by atoms with Crippen molar-refractivity contribution in [3.05, 3.63) is 11.6 Å². The SMILES string of the molecule is CN(C)[C@H]1CC=C2CCCC[C@@H]21. The fourth-order valence-electron chi connectivity index (χ4n) is 2.76. The molecule has 1 fully saturated rings. The van der Waals surface area contributed by atoms with E-state index in [1.807, 2.05) is 0 Å². The van der Waals surface area contributed by atoms with Crippen molar-refractivity contribution in [1.29, 1.82) is 0 Å². The van der Waals surface area contributed by atoms with Gasteiger partial charge in [0, 0.05) is 6.04 Å².